The van der Waals surface area contributed by atoms with E-state index in [9.17, 15) is 0 Å². The summed E-state index contributed by atoms with van der Waals surface area (Å²) in [6, 6.07) is 0. The summed E-state index contributed by atoms with van der Waals surface area (Å²) in [6.45, 7) is 21.7. The van der Waals surface area contributed by atoms with Gasteiger partial charge in [0.1, 0.15) is 0 Å². The first kappa shape index (κ1) is 35.3. The Hall–Kier alpha value is -1.67. The predicted octanol–water partition coefficient (Wildman–Crippen LogP) is 1.27. The summed E-state index contributed by atoms with van der Waals surface area (Å²) in [5.74, 6) is 0.375. The van der Waals surface area contributed by atoms with Crippen molar-refractivity contribution in [3.05, 3.63) is 0 Å². The van der Waals surface area contributed by atoms with E-state index in [0.29, 0.717) is 13.1 Å². The van der Waals surface area contributed by atoms with Crippen LogP contribution in [0.4, 0.5) is 0 Å². The first-order valence-corrected chi connectivity index (χ1v) is 14.2. The van der Waals surface area contributed by atoms with Gasteiger partial charge in [0.25, 0.3) is 0 Å². The third kappa shape index (κ3) is 14.2. The molecule has 13 heteroatoms. The van der Waals surface area contributed by atoms with Gasteiger partial charge < -0.3 is 32.0 Å². The van der Waals surface area contributed by atoms with E-state index in [0.717, 1.165) is 13.1 Å². The molecule has 2 aliphatic rings. The number of guanidine groups is 2. The number of nitrogens with two attached hydrogens (primary N) is 4. The van der Waals surface area contributed by atoms with Crippen LogP contribution in [0.1, 0.15) is 93.9 Å². The molecule has 0 spiro atoms. The molecule has 37 heavy (non-hydrogen) atoms. The van der Waals surface area contributed by atoms with Crippen LogP contribution < -0.4 is 22.9 Å². The number of nitrogens with zero attached hydrogens (tertiary/aromatic N) is 4. The van der Waals surface area contributed by atoms with E-state index in [-0.39, 0.29) is 34.1 Å². The summed E-state index contributed by atoms with van der Waals surface area (Å²) < 4.78 is 34.1. The lowest BCUT2D eigenvalue weighted by atomic mass is 9.80. The van der Waals surface area contributed by atoms with Gasteiger partial charge in [0, 0.05) is 45.6 Å². The number of hydrogen-bond acceptors (Lipinski definition) is 8. The maximum absolute atomic E-state index is 8.52. The second kappa shape index (κ2) is 13.9. The van der Waals surface area contributed by atoms with Crippen LogP contribution in [-0.4, -0.2) is 87.6 Å². The molecule has 0 aliphatic carbocycles. The SMILES string of the molecule is CC1(C)CCCC(C)(C)N1CCN=C(N)N.CC1(C)CCCC(C)(C)N1CCN=C(N)N.O=S(=O)([O-])[O-]. The van der Waals surface area contributed by atoms with Gasteiger partial charge in [-0.3, -0.25) is 28.2 Å². The maximum Gasteiger partial charge on any atom is 0.185 e. The van der Waals surface area contributed by atoms with Crippen molar-refractivity contribution in [1.82, 2.24) is 9.80 Å². The summed E-state index contributed by atoms with van der Waals surface area (Å²) in [5, 5.41) is 0. The minimum atomic E-state index is -5.17. The zero-order chi connectivity index (χ0) is 29.3. The molecule has 0 amide bonds. The molecule has 2 rings (SSSR count). The molecule has 0 aromatic rings. The average Bonchev–Trinajstić information content (AvgIpc) is 2.64. The molecule has 0 aromatic carbocycles. The lowest BCUT2D eigenvalue weighted by Gasteiger charge is -2.53. The highest BCUT2D eigenvalue weighted by Gasteiger charge is 2.41. The van der Waals surface area contributed by atoms with E-state index < -0.39 is 10.4 Å². The zero-order valence-electron chi connectivity index (χ0n) is 24.2. The van der Waals surface area contributed by atoms with E-state index in [4.69, 9.17) is 40.5 Å². The minimum Gasteiger partial charge on any atom is -0.759 e. The van der Waals surface area contributed by atoms with Crippen LogP contribution >= 0.6 is 0 Å². The second-order valence-electron chi connectivity index (χ2n) is 12.3. The monoisotopic (exact) mass is 548 g/mol. The van der Waals surface area contributed by atoms with Crippen molar-refractivity contribution in [3.8, 4) is 0 Å². The molecule has 0 aromatic heterocycles. The topological polar surface area (TPSA) is 216 Å². The molecular weight excluding hydrogens is 496 g/mol. The Balaban J connectivity index is 0.000000594. The van der Waals surface area contributed by atoms with Crippen molar-refractivity contribution >= 4 is 22.3 Å². The fourth-order valence-corrected chi connectivity index (χ4v) is 5.85. The molecule has 0 radical (unpaired) electrons. The summed E-state index contributed by atoms with van der Waals surface area (Å²) in [5.41, 5.74) is 22.4. The Labute approximate surface area is 224 Å². The van der Waals surface area contributed by atoms with Crippen LogP contribution in [0.5, 0.6) is 0 Å². The molecule has 0 bridgehead atoms. The quantitative estimate of drug-likeness (QED) is 0.161. The molecular formula is C24H52N8O4S-2. The van der Waals surface area contributed by atoms with E-state index in [1.54, 1.807) is 0 Å². The molecule has 2 saturated heterocycles. The van der Waals surface area contributed by atoms with Crippen LogP contribution in [0.15, 0.2) is 9.98 Å². The van der Waals surface area contributed by atoms with Crippen LogP contribution in [0.3, 0.4) is 0 Å². The van der Waals surface area contributed by atoms with E-state index in [1.807, 2.05) is 0 Å². The molecule has 12 nitrogen and oxygen atoms in total. The first-order chi connectivity index (χ1) is 16.5. The summed E-state index contributed by atoms with van der Waals surface area (Å²) >= 11 is 0. The lowest BCUT2D eigenvalue weighted by Crippen LogP contribution is -2.59. The van der Waals surface area contributed by atoms with Gasteiger partial charge in [-0.1, -0.05) is 0 Å². The normalized spacial score (nSPS) is 22.3. The second-order valence-corrected chi connectivity index (χ2v) is 13.1. The molecule has 2 aliphatic heterocycles. The van der Waals surface area contributed by atoms with E-state index >= 15 is 0 Å². The largest absolute Gasteiger partial charge is 0.759 e. The van der Waals surface area contributed by atoms with Gasteiger partial charge in [-0.05, 0) is 93.9 Å². The smallest absolute Gasteiger partial charge is 0.185 e. The van der Waals surface area contributed by atoms with Gasteiger partial charge in [0.15, 0.2) is 11.9 Å². The van der Waals surface area contributed by atoms with E-state index in [1.165, 1.54) is 38.5 Å². The first-order valence-electron chi connectivity index (χ1n) is 12.8. The van der Waals surface area contributed by atoms with Crippen LogP contribution in [0.25, 0.3) is 0 Å². The zero-order valence-corrected chi connectivity index (χ0v) is 25.0. The van der Waals surface area contributed by atoms with Crippen LogP contribution in [-0.2, 0) is 10.4 Å². The number of likely N-dealkylation sites (tertiary alicyclic amines) is 2. The van der Waals surface area contributed by atoms with Crippen molar-refractivity contribution < 1.29 is 17.5 Å². The highest BCUT2D eigenvalue weighted by atomic mass is 32.3. The summed E-state index contributed by atoms with van der Waals surface area (Å²) in [7, 11) is -5.17. The van der Waals surface area contributed by atoms with Gasteiger partial charge in [-0.2, -0.15) is 0 Å². The van der Waals surface area contributed by atoms with Crippen molar-refractivity contribution in [2.75, 3.05) is 26.2 Å². The fourth-order valence-electron chi connectivity index (χ4n) is 5.85. The minimum absolute atomic E-state index is 0.188. The van der Waals surface area contributed by atoms with Crippen molar-refractivity contribution in [3.63, 3.8) is 0 Å². The Bertz CT molecular complexity index is 766. The third-order valence-corrected chi connectivity index (χ3v) is 7.31. The highest BCUT2D eigenvalue weighted by molar-refractivity contribution is 7.79. The molecule has 2 heterocycles. The number of piperidine rings is 2. The van der Waals surface area contributed by atoms with Crippen molar-refractivity contribution in [2.24, 2.45) is 32.9 Å². The van der Waals surface area contributed by atoms with Gasteiger partial charge in [0.2, 0.25) is 0 Å². The molecule has 0 atom stereocenters. The summed E-state index contributed by atoms with van der Waals surface area (Å²) in [4.78, 5) is 13.2. The van der Waals surface area contributed by atoms with Gasteiger partial charge >= 0.3 is 0 Å². The standard InChI is InChI=1S/2C12H26N4.H2O4S/c2*1-11(2)6-5-7-12(3,4)16(11)9-8-15-10(13)14;1-5(2,3)4/h2*5-9H2,1-4H3,(H4,13,14,15);(H2,1,2,3,4)/p-2. The number of hydrogen-bond donors (Lipinski definition) is 4. The molecule has 0 saturated carbocycles. The molecule has 8 N–H and O–H groups in total. The Morgan fingerprint density at radius 1 is 0.649 bits per heavy atom. The highest BCUT2D eigenvalue weighted by Crippen LogP contribution is 2.38. The lowest BCUT2D eigenvalue weighted by molar-refractivity contribution is -0.0239. The third-order valence-electron chi connectivity index (χ3n) is 7.31. The number of aliphatic imine (C=N–C) groups is 2. The van der Waals surface area contributed by atoms with Crippen molar-refractivity contribution in [2.45, 2.75) is 116 Å². The van der Waals surface area contributed by atoms with Gasteiger partial charge in [-0.25, -0.2) is 0 Å². The van der Waals surface area contributed by atoms with Crippen LogP contribution in [0, 0.1) is 0 Å². The fraction of sp³-hybridized carbons (Fsp3) is 0.917. The van der Waals surface area contributed by atoms with E-state index in [2.05, 4.69) is 75.2 Å². The average molecular weight is 549 g/mol. The molecule has 0 unspecified atom stereocenters. The maximum atomic E-state index is 8.52. The number of rotatable bonds is 6. The Kier molecular flexibility index (Phi) is 13.3. The van der Waals surface area contributed by atoms with Crippen molar-refractivity contribution in [1.29, 1.82) is 0 Å². The molecule has 2 fully saturated rings. The van der Waals surface area contributed by atoms with Gasteiger partial charge in [-0.15, -0.1) is 0 Å². The predicted molar refractivity (Wildman–Crippen MR) is 149 cm³/mol. The Morgan fingerprint density at radius 3 is 1.05 bits per heavy atom. The summed E-state index contributed by atoms with van der Waals surface area (Å²) in [6.07, 6.45) is 7.60. The molecule has 220 valence electrons. The Morgan fingerprint density at radius 2 is 0.865 bits per heavy atom. The van der Waals surface area contributed by atoms with Gasteiger partial charge in [0.05, 0.1) is 13.1 Å². The van der Waals surface area contributed by atoms with Crippen LogP contribution in [0.2, 0.25) is 0 Å².